The third kappa shape index (κ3) is 4.81. The Labute approximate surface area is 136 Å². The molecule has 2 aliphatic carbocycles. The van der Waals surface area contributed by atoms with E-state index >= 15 is 0 Å². The van der Waals surface area contributed by atoms with Gasteiger partial charge in [-0.25, -0.2) is 4.39 Å². The Bertz CT molecular complexity index is 340. The first-order chi connectivity index (χ1) is 10.8. The average molecular weight is 307 g/mol. The lowest BCUT2D eigenvalue weighted by Crippen LogP contribution is -2.43. The first kappa shape index (κ1) is 16.5. The summed E-state index contributed by atoms with van der Waals surface area (Å²) in [5.74, 6) is 2.14. The van der Waals surface area contributed by atoms with Crippen LogP contribution in [-0.4, -0.2) is 18.8 Å². The minimum Gasteiger partial charge on any atom is -0.313 e. The van der Waals surface area contributed by atoms with Crippen molar-refractivity contribution in [1.29, 1.82) is 0 Å². The third-order valence-electron chi connectivity index (χ3n) is 6.27. The Morgan fingerprint density at radius 2 is 1.45 bits per heavy atom. The van der Waals surface area contributed by atoms with Gasteiger partial charge in [-0.15, -0.1) is 0 Å². The molecule has 1 nitrogen and oxygen atoms in total. The van der Waals surface area contributed by atoms with Crippen LogP contribution >= 0.6 is 0 Å². The first-order valence-corrected chi connectivity index (χ1v) is 9.87. The molecule has 126 valence electrons. The molecule has 3 rings (SSSR count). The van der Waals surface area contributed by atoms with E-state index in [0.717, 1.165) is 31.7 Å². The zero-order valence-electron chi connectivity index (χ0n) is 14.1. The molecule has 0 aromatic rings. The van der Waals surface area contributed by atoms with Gasteiger partial charge in [-0.3, -0.25) is 0 Å². The molecular weight excluding hydrogens is 273 g/mol. The summed E-state index contributed by atoms with van der Waals surface area (Å²) in [6, 6.07) is 0.579. The largest absolute Gasteiger partial charge is 0.313 e. The Kier molecular flexibility index (Phi) is 6.35. The zero-order valence-corrected chi connectivity index (χ0v) is 14.1. The maximum absolute atomic E-state index is 13.8. The van der Waals surface area contributed by atoms with Crippen LogP contribution in [0.4, 0.5) is 4.39 Å². The maximum Gasteiger partial charge on any atom is 0.100 e. The standard InChI is InChI=1S/C20H34FN/c21-19-9-5-4-8-18(14-19)20-13-12-17(15-22-20)11-10-16-6-2-1-3-7-16/h10-11,16-20,22H,1-9,12-15H2. The molecule has 3 aliphatic rings. The van der Waals surface area contributed by atoms with Crippen molar-refractivity contribution in [3.63, 3.8) is 0 Å². The molecule has 1 heterocycles. The van der Waals surface area contributed by atoms with Crippen molar-refractivity contribution in [3.8, 4) is 0 Å². The molecule has 3 fully saturated rings. The van der Waals surface area contributed by atoms with Crippen LogP contribution in [0, 0.1) is 17.8 Å². The Hall–Kier alpha value is -0.370. The number of halogens is 1. The summed E-state index contributed by atoms with van der Waals surface area (Å²) < 4.78 is 13.8. The predicted octanol–water partition coefficient (Wildman–Crippen LogP) is 5.41. The van der Waals surface area contributed by atoms with Gasteiger partial charge in [-0.1, -0.05) is 44.3 Å². The minimum absolute atomic E-state index is 0.543. The number of hydrogen-bond donors (Lipinski definition) is 1. The van der Waals surface area contributed by atoms with Gasteiger partial charge in [0.25, 0.3) is 0 Å². The number of rotatable bonds is 3. The highest BCUT2D eigenvalue weighted by Crippen LogP contribution is 2.32. The molecular formula is C20H34FN. The van der Waals surface area contributed by atoms with E-state index in [0.29, 0.717) is 17.9 Å². The van der Waals surface area contributed by atoms with Crippen LogP contribution < -0.4 is 5.32 Å². The zero-order chi connectivity index (χ0) is 15.2. The molecule has 1 aliphatic heterocycles. The van der Waals surface area contributed by atoms with E-state index in [1.807, 2.05) is 0 Å². The molecule has 2 heteroatoms. The second-order valence-corrected chi connectivity index (χ2v) is 8.01. The van der Waals surface area contributed by atoms with E-state index in [1.165, 1.54) is 57.8 Å². The van der Waals surface area contributed by atoms with Gasteiger partial charge in [-0.2, -0.15) is 0 Å². The van der Waals surface area contributed by atoms with E-state index in [1.54, 1.807) is 0 Å². The normalized spacial score (nSPS) is 39.0. The second-order valence-electron chi connectivity index (χ2n) is 8.01. The predicted molar refractivity (Wildman–Crippen MR) is 91.7 cm³/mol. The fraction of sp³-hybridized carbons (Fsp3) is 0.900. The van der Waals surface area contributed by atoms with Crippen LogP contribution in [-0.2, 0) is 0 Å². The van der Waals surface area contributed by atoms with Gasteiger partial charge in [0.05, 0.1) is 0 Å². The first-order valence-electron chi connectivity index (χ1n) is 9.87. The Morgan fingerprint density at radius 3 is 2.23 bits per heavy atom. The van der Waals surface area contributed by atoms with Crippen LogP contribution in [0.2, 0.25) is 0 Å². The molecule has 0 bridgehead atoms. The average Bonchev–Trinajstić information content (AvgIpc) is 2.79. The summed E-state index contributed by atoms with van der Waals surface area (Å²) >= 11 is 0. The number of alkyl halides is 1. The third-order valence-corrected chi connectivity index (χ3v) is 6.27. The molecule has 0 aromatic heterocycles. The van der Waals surface area contributed by atoms with Crippen LogP contribution in [0.15, 0.2) is 12.2 Å². The van der Waals surface area contributed by atoms with Crippen LogP contribution in [0.5, 0.6) is 0 Å². The highest BCUT2D eigenvalue weighted by Gasteiger charge is 2.29. The molecule has 0 spiro atoms. The monoisotopic (exact) mass is 307 g/mol. The van der Waals surface area contributed by atoms with Gasteiger partial charge in [0, 0.05) is 12.6 Å². The van der Waals surface area contributed by atoms with E-state index in [9.17, 15) is 4.39 Å². The topological polar surface area (TPSA) is 12.0 Å². The summed E-state index contributed by atoms with van der Waals surface area (Å²) in [7, 11) is 0. The van der Waals surface area contributed by atoms with Crippen molar-refractivity contribution < 1.29 is 4.39 Å². The smallest absolute Gasteiger partial charge is 0.100 e. The molecule has 0 radical (unpaired) electrons. The number of nitrogens with one attached hydrogen (secondary N) is 1. The second kappa shape index (κ2) is 8.47. The summed E-state index contributed by atoms with van der Waals surface area (Å²) in [6.07, 6.45) is 19.3. The molecule has 1 saturated heterocycles. The lowest BCUT2D eigenvalue weighted by atomic mass is 9.82. The quantitative estimate of drug-likeness (QED) is 0.543. The molecule has 0 amide bonds. The van der Waals surface area contributed by atoms with E-state index in [2.05, 4.69) is 17.5 Å². The molecule has 1 N–H and O–H groups in total. The number of hydrogen-bond acceptors (Lipinski definition) is 1. The maximum atomic E-state index is 13.8. The molecule has 2 saturated carbocycles. The van der Waals surface area contributed by atoms with Crippen molar-refractivity contribution in [2.75, 3.05) is 6.54 Å². The Balaban J connectivity index is 1.42. The van der Waals surface area contributed by atoms with Crippen molar-refractivity contribution in [2.24, 2.45) is 17.8 Å². The SMILES string of the molecule is FC1CCCCC(C2CCC(C=CC3CCCCC3)CN2)C1. The van der Waals surface area contributed by atoms with Gasteiger partial charge in [0.15, 0.2) is 0 Å². The molecule has 4 atom stereocenters. The molecule has 0 aromatic carbocycles. The van der Waals surface area contributed by atoms with E-state index < -0.39 is 6.17 Å². The van der Waals surface area contributed by atoms with Gasteiger partial charge >= 0.3 is 0 Å². The van der Waals surface area contributed by atoms with Gasteiger partial charge < -0.3 is 5.32 Å². The fourth-order valence-corrected chi connectivity index (χ4v) is 4.81. The van der Waals surface area contributed by atoms with Crippen molar-refractivity contribution in [3.05, 3.63) is 12.2 Å². The van der Waals surface area contributed by atoms with Crippen molar-refractivity contribution in [1.82, 2.24) is 5.32 Å². The highest BCUT2D eigenvalue weighted by molar-refractivity contribution is 4.98. The van der Waals surface area contributed by atoms with Crippen LogP contribution in [0.1, 0.15) is 77.0 Å². The van der Waals surface area contributed by atoms with Crippen LogP contribution in [0.25, 0.3) is 0 Å². The van der Waals surface area contributed by atoms with Crippen molar-refractivity contribution >= 4 is 0 Å². The fourth-order valence-electron chi connectivity index (χ4n) is 4.81. The van der Waals surface area contributed by atoms with Crippen molar-refractivity contribution in [2.45, 2.75) is 89.3 Å². The summed E-state index contributed by atoms with van der Waals surface area (Å²) in [4.78, 5) is 0. The summed E-state index contributed by atoms with van der Waals surface area (Å²) in [5, 5.41) is 3.76. The minimum atomic E-state index is -0.543. The lowest BCUT2D eigenvalue weighted by molar-refractivity contribution is 0.203. The number of allylic oxidation sites excluding steroid dienone is 1. The van der Waals surface area contributed by atoms with Gasteiger partial charge in [0.1, 0.15) is 6.17 Å². The molecule has 22 heavy (non-hydrogen) atoms. The van der Waals surface area contributed by atoms with Crippen LogP contribution in [0.3, 0.4) is 0 Å². The molecule has 4 unspecified atom stereocenters. The van der Waals surface area contributed by atoms with E-state index in [4.69, 9.17) is 0 Å². The van der Waals surface area contributed by atoms with Gasteiger partial charge in [0.2, 0.25) is 0 Å². The summed E-state index contributed by atoms with van der Waals surface area (Å²) in [6.45, 7) is 1.11. The lowest BCUT2D eigenvalue weighted by Gasteiger charge is -2.34. The van der Waals surface area contributed by atoms with Gasteiger partial charge in [-0.05, 0) is 62.7 Å². The number of piperidine rings is 1. The summed E-state index contributed by atoms with van der Waals surface area (Å²) in [5.41, 5.74) is 0. The highest BCUT2D eigenvalue weighted by atomic mass is 19.1. The van der Waals surface area contributed by atoms with E-state index in [-0.39, 0.29) is 0 Å². The Morgan fingerprint density at radius 1 is 0.727 bits per heavy atom.